The van der Waals surface area contributed by atoms with Gasteiger partial charge in [0.05, 0.1) is 0 Å². The van der Waals surface area contributed by atoms with Crippen molar-refractivity contribution in [2.45, 2.75) is 18.9 Å². The number of carbonyl (C=O) groups is 1. The number of nitrogens with zero attached hydrogens (tertiary/aromatic N) is 3. The maximum absolute atomic E-state index is 12.5. The SMILES string of the molecule is CN1CCN(NC(=O)c2cccn2C2CCNCC2)CC1. The number of rotatable bonds is 3. The average molecular weight is 291 g/mol. The second-order valence-corrected chi connectivity index (χ2v) is 6.01. The van der Waals surface area contributed by atoms with E-state index in [-0.39, 0.29) is 5.91 Å². The molecule has 2 saturated heterocycles. The summed E-state index contributed by atoms with van der Waals surface area (Å²) in [6, 6.07) is 4.34. The highest BCUT2D eigenvalue weighted by Crippen LogP contribution is 2.21. The van der Waals surface area contributed by atoms with Gasteiger partial charge in [-0.2, -0.15) is 0 Å². The smallest absolute Gasteiger partial charge is 0.282 e. The number of hydrogen-bond donors (Lipinski definition) is 2. The van der Waals surface area contributed by atoms with E-state index < -0.39 is 0 Å². The zero-order chi connectivity index (χ0) is 14.7. The zero-order valence-electron chi connectivity index (χ0n) is 12.7. The Labute approximate surface area is 126 Å². The maximum Gasteiger partial charge on any atom is 0.282 e. The fraction of sp³-hybridized carbons (Fsp3) is 0.667. The van der Waals surface area contributed by atoms with Gasteiger partial charge in [0.2, 0.25) is 0 Å². The third-order valence-electron chi connectivity index (χ3n) is 4.48. The van der Waals surface area contributed by atoms with Crippen LogP contribution in [-0.4, -0.2) is 66.7 Å². The van der Waals surface area contributed by atoms with Crippen molar-refractivity contribution < 1.29 is 4.79 Å². The first-order valence-corrected chi connectivity index (χ1v) is 7.86. The Morgan fingerprint density at radius 2 is 1.95 bits per heavy atom. The van der Waals surface area contributed by atoms with Crippen LogP contribution >= 0.6 is 0 Å². The van der Waals surface area contributed by atoms with Crippen molar-refractivity contribution >= 4 is 5.91 Å². The highest BCUT2D eigenvalue weighted by Gasteiger charge is 2.22. The van der Waals surface area contributed by atoms with Crippen molar-refractivity contribution in [2.75, 3.05) is 46.3 Å². The lowest BCUT2D eigenvalue weighted by atomic mass is 10.1. The second kappa shape index (κ2) is 6.60. The van der Waals surface area contributed by atoms with Crippen molar-refractivity contribution in [1.29, 1.82) is 0 Å². The fourth-order valence-electron chi connectivity index (χ4n) is 3.11. The van der Waals surface area contributed by atoms with Gasteiger partial charge < -0.3 is 14.8 Å². The number of hydrogen-bond acceptors (Lipinski definition) is 4. The van der Waals surface area contributed by atoms with Crippen LogP contribution in [0.1, 0.15) is 29.4 Å². The molecule has 0 spiro atoms. The molecule has 0 aromatic carbocycles. The van der Waals surface area contributed by atoms with E-state index in [2.05, 4.69) is 27.3 Å². The van der Waals surface area contributed by atoms with Gasteiger partial charge in [0.15, 0.2) is 0 Å². The number of likely N-dealkylation sites (N-methyl/N-ethyl adjacent to an activating group) is 1. The maximum atomic E-state index is 12.5. The van der Waals surface area contributed by atoms with Gasteiger partial charge in [-0.1, -0.05) is 0 Å². The molecule has 2 aliphatic heterocycles. The van der Waals surface area contributed by atoms with Crippen LogP contribution in [0.3, 0.4) is 0 Å². The molecule has 116 valence electrons. The molecular formula is C15H25N5O. The monoisotopic (exact) mass is 291 g/mol. The number of hydrazine groups is 1. The summed E-state index contributed by atoms with van der Waals surface area (Å²) in [5.74, 6) is 0.0167. The van der Waals surface area contributed by atoms with Crippen molar-refractivity contribution in [3.63, 3.8) is 0 Å². The van der Waals surface area contributed by atoms with Crippen molar-refractivity contribution in [3.05, 3.63) is 24.0 Å². The van der Waals surface area contributed by atoms with Crippen molar-refractivity contribution in [1.82, 2.24) is 25.2 Å². The van der Waals surface area contributed by atoms with Gasteiger partial charge in [-0.15, -0.1) is 0 Å². The first kappa shape index (κ1) is 14.6. The van der Waals surface area contributed by atoms with Crippen LogP contribution in [0.15, 0.2) is 18.3 Å². The Morgan fingerprint density at radius 3 is 2.67 bits per heavy atom. The average Bonchev–Trinajstić information content (AvgIpc) is 3.00. The normalized spacial score (nSPS) is 22.3. The van der Waals surface area contributed by atoms with E-state index in [1.807, 2.05) is 23.3 Å². The molecule has 1 amide bonds. The molecule has 6 heteroatoms. The van der Waals surface area contributed by atoms with E-state index in [4.69, 9.17) is 0 Å². The summed E-state index contributed by atoms with van der Waals surface area (Å²) in [5, 5.41) is 5.40. The van der Waals surface area contributed by atoms with E-state index in [1.54, 1.807) is 0 Å². The number of amides is 1. The van der Waals surface area contributed by atoms with E-state index in [0.29, 0.717) is 6.04 Å². The summed E-state index contributed by atoms with van der Waals surface area (Å²) in [6.45, 7) is 5.82. The highest BCUT2D eigenvalue weighted by atomic mass is 16.2. The molecule has 0 unspecified atom stereocenters. The molecule has 0 saturated carbocycles. The van der Waals surface area contributed by atoms with Gasteiger partial charge in [0.1, 0.15) is 5.69 Å². The molecule has 6 nitrogen and oxygen atoms in total. The number of carbonyl (C=O) groups excluding carboxylic acids is 1. The quantitative estimate of drug-likeness (QED) is 0.841. The van der Waals surface area contributed by atoms with E-state index >= 15 is 0 Å². The molecule has 2 fully saturated rings. The van der Waals surface area contributed by atoms with Crippen LogP contribution in [0.2, 0.25) is 0 Å². The Kier molecular flexibility index (Phi) is 4.57. The van der Waals surface area contributed by atoms with Crippen LogP contribution in [-0.2, 0) is 0 Å². The minimum absolute atomic E-state index is 0.0167. The lowest BCUT2D eigenvalue weighted by molar-refractivity contribution is 0.0651. The molecule has 3 heterocycles. The van der Waals surface area contributed by atoms with Crippen LogP contribution in [0.25, 0.3) is 0 Å². The molecule has 1 aromatic heterocycles. The zero-order valence-corrected chi connectivity index (χ0v) is 12.7. The summed E-state index contributed by atoms with van der Waals surface area (Å²) in [4.78, 5) is 14.8. The number of nitrogens with one attached hydrogen (secondary N) is 2. The molecule has 0 bridgehead atoms. The molecule has 0 aliphatic carbocycles. The van der Waals surface area contributed by atoms with E-state index in [0.717, 1.165) is 57.8 Å². The van der Waals surface area contributed by atoms with Gasteiger partial charge in [0.25, 0.3) is 5.91 Å². The number of aromatic nitrogens is 1. The summed E-state index contributed by atoms with van der Waals surface area (Å²) in [6.07, 6.45) is 4.21. The topological polar surface area (TPSA) is 52.5 Å². The Morgan fingerprint density at radius 1 is 1.24 bits per heavy atom. The Hall–Kier alpha value is -1.37. The van der Waals surface area contributed by atoms with Gasteiger partial charge in [-0.25, -0.2) is 5.01 Å². The number of piperidine rings is 1. The lowest BCUT2D eigenvalue weighted by Crippen LogP contribution is -2.52. The first-order chi connectivity index (χ1) is 10.2. The molecule has 21 heavy (non-hydrogen) atoms. The summed E-state index contributed by atoms with van der Waals surface area (Å²) < 4.78 is 2.15. The fourth-order valence-corrected chi connectivity index (χ4v) is 3.11. The summed E-state index contributed by atoms with van der Waals surface area (Å²) >= 11 is 0. The molecule has 0 atom stereocenters. The molecule has 1 aromatic rings. The van der Waals surface area contributed by atoms with Crippen LogP contribution in [0, 0.1) is 0 Å². The predicted molar refractivity (Wildman–Crippen MR) is 82.1 cm³/mol. The van der Waals surface area contributed by atoms with Crippen molar-refractivity contribution in [2.24, 2.45) is 0 Å². The Bertz CT molecular complexity index is 472. The standard InChI is InChI=1S/C15H25N5O/c1-18-9-11-19(12-10-18)17-15(21)14-3-2-8-20(14)13-4-6-16-7-5-13/h2-3,8,13,16H,4-7,9-12H2,1H3,(H,17,21). The molecule has 2 N–H and O–H groups in total. The van der Waals surface area contributed by atoms with Crippen LogP contribution < -0.4 is 10.7 Å². The first-order valence-electron chi connectivity index (χ1n) is 7.86. The third kappa shape index (κ3) is 3.45. The second-order valence-electron chi connectivity index (χ2n) is 6.01. The molecule has 0 radical (unpaired) electrons. The van der Waals surface area contributed by atoms with E-state index in [1.165, 1.54) is 0 Å². The van der Waals surface area contributed by atoms with Gasteiger partial charge in [-0.05, 0) is 45.1 Å². The van der Waals surface area contributed by atoms with Gasteiger partial charge in [0, 0.05) is 38.4 Å². The third-order valence-corrected chi connectivity index (χ3v) is 4.48. The highest BCUT2D eigenvalue weighted by molar-refractivity contribution is 5.92. The predicted octanol–water partition coefficient (Wildman–Crippen LogP) is 0.305. The molecule has 2 aliphatic rings. The lowest BCUT2D eigenvalue weighted by Gasteiger charge is -2.32. The van der Waals surface area contributed by atoms with E-state index in [9.17, 15) is 4.79 Å². The summed E-state index contributed by atoms with van der Waals surface area (Å²) in [7, 11) is 2.11. The van der Waals surface area contributed by atoms with Gasteiger partial charge >= 0.3 is 0 Å². The summed E-state index contributed by atoms with van der Waals surface area (Å²) in [5.41, 5.74) is 3.83. The van der Waals surface area contributed by atoms with Crippen LogP contribution in [0.5, 0.6) is 0 Å². The molecular weight excluding hydrogens is 266 g/mol. The van der Waals surface area contributed by atoms with Crippen LogP contribution in [0.4, 0.5) is 0 Å². The minimum Gasteiger partial charge on any atom is -0.340 e. The number of piperazine rings is 1. The van der Waals surface area contributed by atoms with Gasteiger partial charge in [-0.3, -0.25) is 10.2 Å². The minimum atomic E-state index is 0.0167. The molecule has 3 rings (SSSR count). The largest absolute Gasteiger partial charge is 0.340 e. The Balaban J connectivity index is 1.63. The van der Waals surface area contributed by atoms with Crippen molar-refractivity contribution in [3.8, 4) is 0 Å².